The molecule has 1 saturated heterocycles. The topological polar surface area (TPSA) is 108 Å². The van der Waals surface area contributed by atoms with Crippen molar-refractivity contribution in [3.63, 3.8) is 0 Å². The highest BCUT2D eigenvalue weighted by Crippen LogP contribution is 2.20. The van der Waals surface area contributed by atoms with E-state index in [9.17, 15) is 18.0 Å². The molecule has 134 valence electrons. The van der Waals surface area contributed by atoms with Crippen LogP contribution in [0.15, 0.2) is 29.2 Å². The van der Waals surface area contributed by atoms with E-state index < -0.39 is 10.0 Å². The highest BCUT2D eigenvalue weighted by Gasteiger charge is 2.29. The number of carbonyl (C=O) groups is 2. The van der Waals surface area contributed by atoms with Gasteiger partial charge >= 0.3 is 0 Å². The number of hydrogen-bond acceptors (Lipinski definition) is 5. The Bertz CT molecular complexity index is 696. The third kappa shape index (κ3) is 5.17. The molecule has 1 aliphatic rings. The van der Waals surface area contributed by atoms with Gasteiger partial charge in [-0.2, -0.15) is 4.31 Å². The Labute approximate surface area is 147 Å². The van der Waals surface area contributed by atoms with Crippen LogP contribution in [0.3, 0.4) is 0 Å². The van der Waals surface area contributed by atoms with Gasteiger partial charge in [0.2, 0.25) is 21.8 Å². The van der Waals surface area contributed by atoms with Crippen molar-refractivity contribution in [3.8, 4) is 0 Å². The molecule has 3 N–H and O–H groups in total. The molecule has 1 aliphatic heterocycles. The normalized spacial score (nSPS) is 15.3. The van der Waals surface area contributed by atoms with Crippen molar-refractivity contribution in [3.05, 3.63) is 24.3 Å². The van der Waals surface area contributed by atoms with Gasteiger partial charge < -0.3 is 16.0 Å². The van der Waals surface area contributed by atoms with Crippen molar-refractivity contribution >= 4 is 39.9 Å². The number of nitrogens with zero attached hydrogens (tertiary/aromatic N) is 1. The number of carbonyl (C=O) groups excluding carboxylic acids is 2. The summed E-state index contributed by atoms with van der Waals surface area (Å²) in [6, 6.07) is 6.04. The highest BCUT2D eigenvalue weighted by atomic mass is 35.5. The number of rotatable bonds is 6. The minimum Gasteiger partial charge on any atom is -0.354 e. The van der Waals surface area contributed by atoms with Gasteiger partial charge in [0, 0.05) is 31.7 Å². The molecule has 0 saturated carbocycles. The van der Waals surface area contributed by atoms with Crippen LogP contribution in [0.2, 0.25) is 0 Å². The van der Waals surface area contributed by atoms with Gasteiger partial charge in [0.25, 0.3) is 0 Å². The summed E-state index contributed by atoms with van der Waals surface area (Å²) in [5.74, 6) is -0.525. The molecule has 0 unspecified atom stereocenters. The molecule has 0 spiro atoms. The van der Waals surface area contributed by atoms with Crippen LogP contribution in [0.4, 0.5) is 5.69 Å². The number of amides is 2. The zero-order valence-electron chi connectivity index (χ0n) is 13.2. The van der Waals surface area contributed by atoms with Crippen molar-refractivity contribution < 1.29 is 18.0 Å². The minimum absolute atomic E-state index is 0. The summed E-state index contributed by atoms with van der Waals surface area (Å²) in [4.78, 5) is 23.2. The molecular weight excluding hydrogens is 356 g/mol. The molecule has 0 bridgehead atoms. The van der Waals surface area contributed by atoms with E-state index in [1.165, 1.54) is 12.1 Å². The number of hydrogen-bond donors (Lipinski definition) is 3. The van der Waals surface area contributed by atoms with Gasteiger partial charge in [-0.25, -0.2) is 8.42 Å². The van der Waals surface area contributed by atoms with Crippen LogP contribution in [-0.2, 0) is 19.6 Å². The first kappa shape index (κ1) is 20.4. The summed E-state index contributed by atoms with van der Waals surface area (Å²) in [5, 5.41) is 8.11. The summed E-state index contributed by atoms with van der Waals surface area (Å²) in [6.07, 6.45) is 0.291. The van der Waals surface area contributed by atoms with Gasteiger partial charge in [-0.1, -0.05) is 6.07 Å². The number of sulfonamides is 1. The lowest BCUT2D eigenvalue weighted by Crippen LogP contribution is -2.49. The monoisotopic (exact) mass is 376 g/mol. The van der Waals surface area contributed by atoms with E-state index in [0.29, 0.717) is 25.2 Å². The molecule has 2 rings (SSSR count). The molecule has 1 aromatic rings. The molecule has 0 radical (unpaired) electrons. The van der Waals surface area contributed by atoms with Crippen molar-refractivity contribution in [1.29, 1.82) is 0 Å². The molecule has 1 fully saturated rings. The van der Waals surface area contributed by atoms with E-state index >= 15 is 0 Å². The molecule has 8 nitrogen and oxygen atoms in total. The zero-order valence-corrected chi connectivity index (χ0v) is 14.9. The number of anilines is 1. The molecule has 0 atom stereocenters. The minimum atomic E-state index is -3.76. The van der Waals surface area contributed by atoms with Gasteiger partial charge in [-0.15, -0.1) is 12.4 Å². The van der Waals surface area contributed by atoms with E-state index in [2.05, 4.69) is 16.0 Å². The summed E-state index contributed by atoms with van der Waals surface area (Å²) < 4.78 is 26.3. The molecule has 24 heavy (non-hydrogen) atoms. The lowest BCUT2D eigenvalue weighted by Gasteiger charge is -2.26. The SMILES string of the molecule is CNCCC(=O)Nc1cccc(S(=O)(=O)N2CCNC(=O)C2)c1.Cl. The van der Waals surface area contributed by atoms with E-state index in [1.807, 2.05) is 0 Å². The number of nitrogens with one attached hydrogen (secondary N) is 3. The van der Waals surface area contributed by atoms with E-state index in [4.69, 9.17) is 0 Å². The Hall–Kier alpha value is -1.68. The van der Waals surface area contributed by atoms with Crippen LogP contribution >= 0.6 is 12.4 Å². The van der Waals surface area contributed by atoms with Crippen molar-refractivity contribution in [2.24, 2.45) is 0 Å². The Balaban J connectivity index is 0.00000288. The predicted molar refractivity (Wildman–Crippen MR) is 92.6 cm³/mol. The maximum absolute atomic E-state index is 12.6. The maximum atomic E-state index is 12.6. The average Bonchev–Trinajstić information content (AvgIpc) is 2.53. The average molecular weight is 377 g/mol. The molecule has 1 aromatic carbocycles. The first-order valence-corrected chi connectivity index (χ1v) is 8.69. The van der Waals surface area contributed by atoms with Crippen molar-refractivity contribution in [2.75, 3.05) is 38.5 Å². The molecule has 0 aromatic heterocycles. The number of halogens is 1. The fourth-order valence-electron chi connectivity index (χ4n) is 2.17. The van der Waals surface area contributed by atoms with Crippen LogP contribution in [0, 0.1) is 0 Å². The predicted octanol–water partition coefficient (Wildman–Crippen LogP) is -0.223. The van der Waals surface area contributed by atoms with E-state index in [1.54, 1.807) is 19.2 Å². The van der Waals surface area contributed by atoms with Gasteiger partial charge in [0.15, 0.2) is 0 Å². The zero-order chi connectivity index (χ0) is 16.9. The van der Waals surface area contributed by atoms with Gasteiger partial charge in [0.1, 0.15) is 0 Å². The summed E-state index contributed by atoms with van der Waals surface area (Å²) in [7, 11) is -2.02. The van der Waals surface area contributed by atoms with E-state index in [-0.39, 0.29) is 42.2 Å². The maximum Gasteiger partial charge on any atom is 0.243 e. The number of piperazine rings is 1. The summed E-state index contributed by atoms with van der Waals surface area (Å²) in [5.41, 5.74) is 0.411. The standard InChI is InChI=1S/C14H20N4O4S.ClH/c1-15-6-5-13(19)17-11-3-2-4-12(9-11)23(21,22)18-8-7-16-14(20)10-18;/h2-4,9,15H,5-8,10H2,1H3,(H,16,20)(H,17,19);1H. The molecule has 0 aliphatic carbocycles. The van der Waals surface area contributed by atoms with Crippen LogP contribution in [0.25, 0.3) is 0 Å². The first-order valence-electron chi connectivity index (χ1n) is 7.25. The van der Waals surface area contributed by atoms with Crippen LogP contribution in [-0.4, -0.2) is 57.8 Å². The Kier molecular flexibility index (Phi) is 7.61. The van der Waals surface area contributed by atoms with Crippen molar-refractivity contribution in [1.82, 2.24) is 14.9 Å². The summed E-state index contributed by atoms with van der Waals surface area (Å²) >= 11 is 0. The Morgan fingerprint density at radius 3 is 2.79 bits per heavy atom. The van der Waals surface area contributed by atoms with Crippen LogP contribution in [0.5, 0.6) is 0 Å². The quantitative estimate of drug-likeness (QED) is 0.636. The fraction of sp³-hybridized carbons (Fsp3) is 0.429. The smallest absolute Gasteiger partial charge is 0.243 e. The number of benzene rings is 1. The second-order valence-corrected chi connectivity index (χ2v) is 7.06. The van der Waals surface area contributed by atoms with Gasteiger partial charge in [0.05, 0.1) is 11.4 Å². The van der Waals surface area contributed by atoms with Gasteiger partial charge in [-0.05, 0) is 25.2 Å². The Morgan fingerprint density at radius 2 is 2.12 bits per heavy atom. The van der Waals surface area contributed by atoms with E-state index in [0.717, 1.165) is 4.31 Å². The molecule has 1 heterocycles. The second-order valence-electron chi connectivity index (χ2n) is 5.12. The third-order valence-corrected chi connectivity index (χ3v) is 5.20. The second kappa shape index (κ2) is 8.97. The lowest BCUT2D eigenvalue weighted by atomic mass is 10.3. The molecule has 2 amide bonds. The first-order chi connectivity index (χ1) is 10.9. The highest BCUT2D eigenvalue weighted by molar-refractivity contribution is 7.89. The molecular formula is C14H21ClN4O4S. The Morgan fingerprint density at radius 1 is 1.38 bits per heavy atom. The van der Waals surface area contributed by atoms with Crippen LogP contribution in [0.1, 0.15) is 6.42 Å². The summed E-state index contributed by atoms with van der Waals surface area (Å²) in [6.45, 7) is 0.860. The lowest BCUT2D eigenvalue weighted by molar-refractivity contribution is -0.122. The van der Waals surface area contributed by atoms with Gasteiger partial charge in [-0.3, -0.25) is 9.59 Å². The third-order valence-electron chi connectivity index (χ3n) is 3.36. The molecule has 10 heteroatoms. The largest absolute Gasteiger partial charge is 0.354 e. The van der Waals surface area contributed by atoms with Crippen molar-refractivity contribution in [2.45, 2.75) is 11.3 Å². The fourth-order valence-corrected chi connectivity index (χ4v) is 3.61. The van der Waals surface area contributed by atoms with Crippen LogP contribution < -0.4 is 16.0 Å².